The Morgan fingerprint density at radius 3 is 2.30 bits per heavy atom. The second-order valence-electron chi connectivity index (χ2n) is 6.60. The minimum absolute atomic E-state index is 0.347. The summed E-state index contributed by atoms with van der Waals surface area (Å²) in [6, 6.07) is 10.8. The number of aliphatic hydroxyl groups is 1. The molecule has 2 saturated heterocycles. The third kappa shape index (κ3) is 3.05. The van der Waals surface area contributed by atoms with Gasteiger partial charge in [0.2, 0.25) is 0 Å². The van der Waals surface area contributed by atoms with E-state index in [1.807, 2.05) is 0 Å². The van der Waals surface area contributed by atoms with Crippen LogP contribution in [0.3, 0.4) is 0 Å². The van der Waals surface area contributed by atoms with Crippen molar-refractivity contribution in [3.8, 4) is 0 Å². The van der Waals surface area contributed by atoms with Crippen LogP contribution in [0.2, 0.25) is 0 Å². The van der Waals surface area contributed by atoms with Crippen molar-refractivity contribution in [1.29, 1.82) is 0 Å². The molecule has 3 nitrogen and oxygen atoms in total. The van der Waals surface area contributed by atoms with Crippen LogP contribution >= 0.6 is 0 Å². The first kappa shape index (κ1) is 14.1. The highest BCUT2D eigenvalue weighted by Gasteiger charge is 2.40. The van der Waals surface area contributed by atoms with Gasteiger partial charge in [-0.2, -0.15) is 0 Å². The largest absolute Gasteiger partial charge is 0.396 e. The molecule has 3 heteroatoms. The molecule has 2 fully saturated rings. The zero-order valence-corrected chi connectivity index (χ0v) is 12.4. The maximum Gasteiger partial charge on any atom is 0.0433 e. The van der Waals surface area contributed by atoms with Crippen molar-refractivity contribution in [2.45, 2.75) is 13.0 Å². The third-order valence-corrected chi connectivity index (χ3v) is 5.00. The van der Waals surface area contributed by atoms with Crippen LogP contribution in [-0.4, -0.2) is 54.7 Å². The molecule has 2 aliphatic heterocycles. The summed E-state index contributed by atoms with van der Waals surface area (Å²) in [5.41, 5.74) is 1.42. The molecule has 0 amide bonds. The third-order valence-electron chi connectivity index (χ3n) is 5.00. The van der Waals surface area contributed by atoms with Crippen LogP contribution in [0.1, 0.15) is 12.0 Å². The fourth-order valence-corrected chi connectivity index (χ4v) is 4.25. The van der Waals surface area contributed by atoms with E-state index in [9.17, 15) is 5.11 Å². The molecule has 3 rings (SSSR count). The van der Waals surface area contributed by atoms with E-state index in [-0.39, 0.29) is 0 Å². The van der Waals surface area contributed by atoms with Crippen LogP contribution in [0.4, 0.5) is 0 Å². The monoisotopic (exact) mass is 274 g/mol. The lowest BCUT2D eigenvalue weighted by molar-refractivity contribution is -0.0247. The molecule has 2 heterocycles. The minimum Gasteiger partial charge on any atom is -0.396 e. The van der Waals surface area contributed by atoms with Gasteiger partial charge in [0.15, 0.2) is 0 Å². The summed E-state index contributed by atoms with van der Waals surface area (Å²) in [5, 5.41) is 9.31. The normalized spacial score (nSPS) is 31.4. The van der Waals surface area contributed by atoms with Crippen LogP contribution in [0.5, 0.6) is 0 Å². The molecule has 110 valence electrons. The highest BCUT2D eigenvalue weighted by atomic mass is 16.3. The quantitative estimate of drug-likeness (QED) is 0.905. The number of fused-ring (bicyclic) bond motifs is 2. The van der Waals surface area contributed by atoms with Crippen molar-refractivity contribution in [3.05, 3.63) is 35.9 Å². The number of rotatable bonds is 4. The van der Waals surface area contributed by atoms with Crippen molar-refractivity contribution in [1.82, 2.24) is 9.80 Å². The Bertz CT molecular complexity index is 406. The molecule has 1 aromatic carbocycles. The molecule has 2 bridgehead atoms. The molecule has 2 aliphatic rings. The van der Waals surface area contributed by atoms with Crippen molar-refractivity contribution in [2.24, 2.45) is 17.8 Å². The summed E-state index contributed by atoms with van der Waals surface area (Å²) in [5.74, 6) is 2.18. The lowest BCUT2D eigenvalue weighted by atomic mass is 9.72. The topological polar surface area (TPSA) is 26.7 Å². The average molecular weight is 274 g/mol. The second-order valence-corrected chi connectivity index (χ2v) is 6.60. The van der Waals surface area contributed by atoms with Gasteiger partial charge in [-0.25, -0.2) is 0 Å². The maximum absolute atomic E-state index is 9.31. The van der Waals surface area contributed by atoms with E-state index < -0.39 is 0 Å². The smallest absolute Gasteiger partial charge is 0.0433 e. The standard InChI is InChI=1S/C17H26N2O/c1-18-10-15-12-19(9-14-5-3-2-4-6-14)13-16(11-18)17(15)7-8-20/h2-6,15-17,20H,7-13H2,1H3. The Kier molecular flexibility index (Phi) is 4.39. The van der Waals surface area contributed by atoms with Gasteiger partial charge in [0.25, 0.3) is 0 Å². The van der Waals surface area contributed by atoms with Gasteiger partial charge in [-0.3, -0.25) is 4.90 Å². The van der Waals surface area contributed by atoms with Gasteiger partial charge in [-0.05, 0) is 36.8 Å². The molecule has 1 aromatic rings. The molecule has 2 unspecified atom stereocenters. The first-order valence-electron chi connectivity index (χ1n) is 7.82. The van der Waals surface area contributed by atoms with Crippen molar-refractivity contribution < 1.29 is 5.11 Å². The van der Waals surface area contributed by atoms with Gasteiger partial charge in [-0.1, -0.05) is 30.3 Å². The van der Waals surface area contributed by atoms with Crippen molar-refractivity contribution in [3.63, 3.8) is 0 Å². The van der Waals surface area contributed by atoms with Crippen LogP contribution in [0.25, 0.3) is 0 Å². The Balaban J connectivity index is 1.67. The van der Waals surface area contributed by atoms with E-state index in [4.69, 9.17) is 0 Å². The first-order chi connectivity index (χ1) is 9.76. The molecule has 20 heavy (non-hydrogen) atoms. The molecular formula is C17H26N2O. The van der Waals surface area contributed by atoms with Gasteiger partial charge in [-0.15, -0.1) is 0 Å². The predicted molar refractivity (Wildman–Crippen MR) is 81.4 cm³/mol. The van der Waals surface area contributed by atoms with Gasteiger partial charge >= 0.3 is 0 Å². The summed E-state index contributed by atoms with van der Waals surface area (Å²) in [7, 11) is 2.24. The van der Waals surface area contributed by atoms with E-state index in [0.29, 0.717) is 6.61 Å². The molecule has 0 aromatic heterocycles. The van der Waals surface area contributed by atoms with E-state index in [1.165, 1.54) is 31.7 Å². The highest BCUT2D eigenvalue weighted by molar-refractivity contribution is 5.14. The molecular weight excluding hydrogens is 248 g/mol. The van der Waals surface area contributed by atoms with Crippen molar-refractivity contribution >= 4 is 0 Å². The fraction of sp³-hybridized carbons (Fsp3) is 0.647. The van der Waals surface area contributed by atoms with E-state index in [1.54, 1.807) is 0 Å². The van der Waals surface area contributed by atoms with Gasteiger partial charge in [0.1, 0.15) is 0 Å². The summed E-state index contributed by atoms with van der Waals surface area (Å²) in [6.07, 6.45) is 0.988. The second kappa shape index (κ2) is 6.25. The lowest BCUT2D eigenvalue weighted by Crippen LogP contribution is -2.56. The van der Waals surface area contributed by atoms with E-state index in [2.05, 4.69) is 47.2 Å². The Morgan fingerprint density at radius 1 is 1.05 bits per heavy atom. The molecule has 2 atom stereocenters. The number of aliphatic hydroxyl groups excluding tert-OH is 1. The number of nitrogens with zero attached hydrogens (tertiary/aromatic N) is 2. The van der Waals surface area contributed by atoms with Crippen LogP contribution in [0, 0.1) is 17.8 Å². The fourth-order valence-electron chi connectivity index (χ4n) is 4.25. The zero-order chi connectivity index (χ0) is 13.9. The summed E-state index contributed by atoms with van der Waals surface area (Å²) in [4.78, 5) is 5.09. The Morgan fingerprint density at radius 2 is 1.70 bits per heavy atom. The van der Waals surface area contributed by atoms with Crippen LogP contribution < -0.4 is 0 Å². The van der Waals surface area contributed by atoms with Gasteiger partial charge < -0.3 is 10.0 Å². The van der Waals surface area contributed by atoms with Gasteiger partial charge in [0.05, 0.1) is 0 Å². The lowest BCUT2D eigenvalue weighted by Gasteiger charge is -2.50. The Hall–Kier alpha value is -0.900. The molecule has 0 radical (unpaired) electrons. The van der Waals surface area contributed by atoms with Crippen LogP contribution in [0.15, 0.2) is 30.3 Å². The number of likely N-dealkylation sites (tertiary alicyclic amines) is 2. The summed E-state index contributed by atoms with van der Waals surface area (Å²) in [6.45, 7) is 6.16. The molecule has 0 aliphatic carbocycles. The molecule has 0 saturated carbocycles. The van der Waals surface area contributed by atoms with E-state index in [0.717, 1.165) is 30.7 Å². The van der Waals surface area contributed by atoms with Crippen LogP contribution in [-0.2, 0) is 6.54 Å². The summed E-state index contributed by atoms with van der Waals surface area (Å²) >= 11 is 0. The summed E-state index contributed by atoms with van der Waals surface area (Å²) < 4.78 is 0. The SMILES string of the molecule is CN1CC2CN(Cc3ccccc3)CC(C1)C2CCO. The van der Waals surface area contributed by atoms with E-state index >= 15 is 0 Å². The number of hydrogen-bond donors (Lipinski definition) is 1. The zero-order valence-electron chi connectivity index (χ0n) is 12.4. The highest BCUT2D eigenvalue weighted by Crippen LogP contribution is 2.36. The minimum atomic E-state index is 0.347. The number of hydrogen-bond acceptors (Lipinski definition) is 3. The predicted octanol–water partition coefficient (Wildman–Crippen LogP) is 1.68. The Labute approximate surface area is 122 Å². The maximum atomic E-state index is 9.31. The number of piperidine rings is 2. The molecule has 0 spiro atoms. The van der Waals surface area contributed by atoms with Crippen molar-refractivity contribution in [2.75, 3.05) is 39.8 Å². The molecule has 1 N–H and O–H groups in total. The first-order valence-corrected chi connectivity index (χ1v) is 7.82. The average Bonchev–Trinajstić information content (AvgIpc) is 2.42. The van der Waals surface area contributed by atoms with Gasteiger partial charge in [0, 0.05) is 39.3 Å². The number of benzene rings is 1.